The van der Waals surface area contributed by atoms with E-state index in [1.807, 2.05) is 13.8 Å². The normalized spacial score (nSPS) is 14.6. The lowest BCUT2D eigenvalue weighted by Gasteiger charge is -2.15. The molecular weight excluding hydrogens is 114 g/mol. The molecule has 0 rings (SSSR count). The van der Waals surface area contributed by atoms with Crippen molar-refractivity contribution in [3.05, 3.63) is 0 Å². The fourth-order valence-electron chi connectivity index (χ4n) is 0.784. The first kappa shape index (κ1) is 8.45. The maximum absolute atomic E-state index is 8.87. The van der Waals surface area contributed by atoms with Crippen molar-refractivity contribution in [3.8, 4) is 6.07 Å². The first-order chi connectivity index (χ1) is 3.98. The van der Waals surface area contributed by atoms with E-state index in [0.717, 1.165) is 0 Å². The fraction of sp³-hybridized carbons (Fsp3) is 0.857. The van der Waals surface area contributed by atoms with Gasteiger partial charge in [0.25, 0.3) is 0 Å². The molecule has 0 amide bonds. The number of nitrogens with zero attached hydrogens (tertiary/aromatic N) is 1. The highest BCUT2D eigenvalue weighted by atomic mass is 16.3. The van der Waals surface area contributed by atoms with Crippen LogP contribution in [0.3, 0.4) is 0 Å². The zero-order valence-corrected chi connectivity index (χ0v) is 6.18. The first-order valence-electron chi connectivity index (χ1n) is 3.07. The molecule has 0 aliphatic rings. The Morgan fingerprint density at radius 1 is 1.67 bits per heavy atom. The second kappa shape index (κ2) is 2.84. The zero-order chi connectivity index (χ0) is 7.49. The van der Waals surface area contributed by atoms with E-state index < -0.39 is 0 Å². The van der Waals surface area contributed by atoms with Crippen LogP contribution in [-0.2, 0) is 0 Å². The van der Waals surface area contributed by atoms with Crippen molar-refractivity contribution in [1.82, 2.24) is 0 Å². The molecule has 2 nitrogen and oxygen atoms in total. The Morgan fingerprint density at radius 2 is 2.11 bits per heavy atom. The summed E-state index contributed by atoms with van der Waals surface area (Å²) in [6.45, 7) is 5.33. The zero-order valence-electron chi connectivity index (χ0n) is 6.18. The first-order valence-corrected chi connectivity index (χ1v) is 3.07. The van der Waals surface area contributed by atoms with Crippen molar-refractivity contribution in [2.75, 3.05) is 0 Å². The van der Waals surface area contributed by atoms with Crippen molar-refractivity contribution in [2.24, 2.45) is 5.41 Å². The van der Waals surface area contributed by atoms with Gasteiger partial charge in [0.05, 0.1) is 17.6 Å². The number of hydrogen-bond acceptors (Lipinski definition) is 2. The Kier molecular flexibility index (Phi) is 2.66. The van der Waals surface area contributed by atoms with E-state index in [0.29, 0.717) is 6.42 Å². The molecule has 0 fully saturated rings. The van der Waals surface area contributed by atoms with E-state index in [1.165, 1.54) is 0 Å². The van der Waals surface area contributed by atoms with Crippen LogP contribution in [0.5, 0.6) is 0 Å². The van der Waals surface area contributed by atoms with E-state index in [9.17, 15) is 0 Å². The third-order valence-electron chi connectivity index (χ3n) is 1.11. The molecule has 0 spiro atoms. The van der Waals surface area contributed by atoms with Crippen molar-refractivity contribution in [1.29, 1.82) is 5.26 Å². The highest BCUT2D eigenvalue weighted by Crippen LogP contribution is 2.20. The highest BCUT2D eigenvalue weighted by molar-refractivity contribution is 4.92. The standard InChI is InChI=1S/C7H13NO/c1-6(9)4-7(2,3)5-8/h6,9H,4H2,1-3H3/t6-/m0/s1. The minimum absolute atomic E-state index is 0.375. The van der Waals surface area contributed by atoms with Gasteiger partial charge in [0, 0.05) is 0 Å². The number of nitriles is 1. The Balaban J connectivity index is 3.76. The summed E-state index contributed by atoms with van der Waals surface area (Å²) in [6.07, 6.45) is 0.170. The summed E-state index contributed by atoms with van der Waals surface area (Å²) in [7, 11) is 0. The second-order valence-corrected chi connectivity index (χ2v) is 3.05. The average Bonchev–Trinajstić information content (AvgIpc) is 1.63. The average molecular weight is 127 g/mol. The Bertz CT molecular complexity index is 121. The lowest BCUT2D eigenvalue weighted by atomic mass is 9.89. The van der Waals surface area contributed by atoms with Gasteiger partial charge in [-0.15, -0.1) is 0 Å². The summed E-state index contributed by atoms with van der Waals surface area (Å²) in [6, 6.07) is 2.11. The largest absolute Gasteiger partial charge is 0.393 e. The Morgan fingerprint density at radius 3 is 2.22 bits per heavy atom. The molecule has 0 saturated carbocycles. The predicted molar refractivity (Wildman–Crippen MR) is 35.7 cm³/mol. The Hall–Kier alpha value is -0.550. The van der Waals surface area contributed by atoms with Crippen molar-refractivity contribution in [2.45, 2.75) is 33.3 Å². The molecule has 0 bridgehead atoms. The molecule has 0 heterocycles. The number of aliphatic hydroxyl groups is 1. The molecule has 2 heteroatoms. The molecule has 0 saturated heterocycles. The quantitative estimate of drug-likeness (QED) is 0.607. The number of aliphatic hydroxyl groups excluding tert-OH is 1. The minimum Gasteiger partial charge on any atom is -0.393 e. The van der Waals surface area contributed by atoms with E-state index in [1.54, 1.807) is 6.92 Å². The molecule has 0 aliphatic heterocycles. The second-order valence-electron chi connectivity index (χ2n) is 3.05. The summed E-state index contributed by atoms with van der Waals surface area (Å²) < 4.78 is 0. The SMILES string of the molecule is C[C@H](O)CC(C)(C)C#N. The van der Waals surface area contributed by atoms with E-state index in [-0.39, 0.29) is 11.5 Å². The Labute approximate surface area is 56.1 Å². The molecule has 52 valence electrons. The summed E-state index contributed by atoms with van der Waals surface area (Å²) in [5.41, 5.74) is -0.381. The molecule has 0 aliphatic carbocycles. The van der Waals surface area contributed by atoms with Gasteiger partial charge in [-0.2, -0.15) is 5.26 Å². The molecule has 0 aromatic heterocycles. The lowest BCUT2D eigenvalue weighted by molar-refractivity contribution is 0.151. The third-order valence-corrected chi connectivity index (χ3v) is 1.11. The fourth-order valence-corrected chi connectivity index (χ4v) is 0.784. The van der Waals surface area contributed by atoms with Crippen molar-refractivity contribution in [3.63, 3.8) is 0 Å². The van der Waals surface area contributed by atoms with Crippen molar-refractivity contribution < 1.29 is 5.11 Å². The van der Waals surface area contributed by atoms with Crippen LogP contribution in [0.1, 0.15) is 27.2 Å². The lowest BCUT2D eigenvalue weighted by Crippen LogP contribution is -2.15. The van der Waals surface area contributed by atoms with Crippen molar-refractivity contribution >= 4 is 0 Å². The van der Waals surface area contributed by atoms with Crippen LogP contribution < -0.4 is 0 Å². The summed E-state index contributed by atoms with van der Waals surface area (Å²) in [4.78, 5) is 0. The predicted octanol–water partition coefficient (Wildman–Crippen LogP) is 1.31. The monoisotopic (exact) mass is 127 g/mol. The van der Waals surface area contributed by atoms with Gasteiger partial charge < -0.3 is 5.11 Å². The molecule has 9 heavy (non-hydrogen) atoms. The molecule has 1 atom stereocenters. The minimum atomic E-state index is -0.381. The van der Waals surface area contributed by atoms with Crippen LogP contribution in [0.25, 0.3) is 0 Å². The van der Waals surface area contributed by atoms with Gasteiger partial charge in [0.2, 0.25) is 0 Å². The van der Waals surface area contributed by atoms with Gasteiger partial charge in [-0.25, -0.2) is 0 Å². The van der Waals surface area contributed by atoms with Crippen LogP contribution in [0.4, 0.5) is 0 Å². The molecule has 0 unspecified atom stereocenters. The van der Waals surface area contributed by atoms with Gasteiger partial charge in [-0.1, -0.05) is 0 Å². The van der Waals surface area contributed by atoms with E-state index in [2.05, 4.69) is 6.07 Å². The summed E-state index contributed by atoms with van der Waals surface area (Å²) >= 11 is 0. The maximum atomic E-state index is 8.87. The van der Waals surface area contributed by atoms with Crippen LogP contribution >= 0.6 is 0 Å². The van der Waals surface area contributed by atoms with Crippen LogP contribution in [0.2, 0.25) is 0 Å². The molecular formula is C7H13NO. The maximum Gasteiger partial charge on any atom is 0.0684 e. The van der Waals surface area contributed by atoms with Gasteiger partial charge >= 0.3 is 0 Å². The summed E-state index contributed by atoms with van der Waals surface area (Å²) in [5, 5.41) is 17.3. The van der Waals surface area contributed by atoms with E-state index >= 15 is 0 Å². The number of hydrogen-bond donors (Lipinski definition) is 1. The van der Waals surface area contributed by atoms with Gasteiger partial charge in [0.1, 0.15) is 0 Å². The highest BCUT2D eigenvalue weighted by Gasteiger charge is 2.18. The molecule has 0 radical (unpaired) electrons. The van der Waals surface area contributed by atoms with Gasteiger partial charge in [-0.3, -0.25) is 0 Å². The van der Waals surface area contributed by atoms with Gasteiger partial charge in [0.15, 0.2) is 0 Å². The molecule has 0 aromatic carbocycles. The topological polar surface area (TPSA) is 44.0 Å². The van der Waals surface area contributed by atoms with Crippen LogP contribution in [-0.4, -0.2) is 11.2 Å². The van der Waals surface area contributed by atoms with E-state index in [4.69, 9.17) is 10.4 Å². The van der Waals surface area contributed by atoms with Crippen LogP contribution in [0, 0.1) is 16.7 Å². The summed E-state index contributed by atoms with van der Waals surface area (Å²) in [5.74, 6) is 0. The smallest absolute Gasteiger partial charge is 0.0684 e. The molecule has 0 aromatic rings. The number of rotatable bonds is 2. The van der Waals surface area contributed by atoms with Crippen LogP contribution in [0.15, 0.2) is 0 Å². The third kappa shape index (κ3) is 3.99. The molecule has 1 N–H and O–H groups in total. The van der Waals surface area contributed by atoms with Gasteiger partial charge in [-0.05, 0) is 27.2 Å².